The maximum absolute atomic E-state index is 13.8. The molecule has 0 bridgehead atoms. The highest BCUT2D eigenvalue weighted by atomic mass is 19.1. The summed E-state index contributed by atoms with van der Waals surface area (Å²) < 4.78 is 27.0. The van der Waals surface area contributed by atoms with Gasteiger partial charge in [0.25, 0.3) is 5.91 Å². The minimum Gasteiger partial charge on any atom is -0.480 e. The fraction of sp³-hybridized carbons (Fsp3) is 0.250. The highest BCUT2D eigenvalue weighted by molar-refractivity contribution is 6.08. The van der Waals surface area contributed by atoms with Gasteiger partial charge >= 0.3 is 12.0 Å². The number of carboxylic acids is 1. The minimum atomic E-state index is -1.83. The standard InChI is InChI=1S/C12H10F2N2O4/c1-12(7-4-6(13)2-3-8(7)14)10(19)16(5-9(17)18)11(20)15-12/h2-4H,5H2,1H3,(H,15,20)(H,17,18)/t12-/m1/s1. The Morgan fingerprint density at radius 2 is 2.05 bits per heavy atom. The maximum Gasteiger partial charge on any atom is 0.325 e. The lowest BCUT2D eigenvalue weighted by molar-refractivity contribution is -0.142. The first-order chi connectivity index (χ1) is 9.25. The number of rotatable bonds is 3. The molecule has 1 aromatic carbocycles. The van der Waals surface area contributed by atoms with Crippen LogP contribution in [0.1, 0.15) is 12.5 Å². The Bertz CT molecular complexity index is 619. The molecule has 0 aromatic heterocycles. The van der Waals surface area contributed by atoms with Crippen molar-refractivity contribution in [2.24, 2.45) is 0 Å². The van der Waals surface area contributed by atoms with Gasteiger partial charge in [-0.25, -0.2) is 13.6 Å². The summed E-state index contributed by atoms with van der Waals surface area (Å²) in [6.45, 7) is 0.337. The number of halogens is 2. The number of hydrogen-bond acceptors (Lipinski definition) is 3. The molecule has 20 heavy (non-hydrogen) atoms. The third-order valence-corrected chi connectivity index (χ3v) is 3.04. The molecule has 1 fully saturated rings. The van der Waals surface area contributed by atoms with E-state index in [1.165, 1.54) is 6.92 Å². The quantitative estimate of drug-likeness (QED) is 0.804. The van der Waals surface area contributed by atoms with Crippen LogP contribution in [0.3, 0.4) is 0 Å². The van der Waals surface area contributed by atoms with Crippen LogP contribution in [0.2, 0.25) is 0 Å². The Kier molecular flexibility index (Phi) is 3.16. The maximum atomic E-state index is 13.8. The van der Waals surface area contributed by atoms with Gasteiger partial charge in [0.2, 0.25) is 0 Å². The van der Waals surface area contributed by atoms with Crippen molar-refractivity contribution in [3.63, 3.8) is 0 Å². The molecule has 1 heterocycles. The van der Waals surface area contributed by atoms with Crippen molar-refractivity contribution in [1.29, 1.82) is 0 Å². The van der Waals surface area contributed by atoms with Gasteiger partial charge in [-0.2, -0.15) is 0 Å². The topological polar surface area (TPSA) is 86.7 Å². The van der Waals surface area contributed by atoms with E-state index in [9.17, 15) is 23.2 Å². The van der Waals surface area contributed by atoms with Crippen molar-refractivity contribution >= 4 is 17.9 Å². The third kappa shape index (κ3) is 2.09. The monoisotopic (exact) mass is 284 g/mol. The number of imide groups is 1. The summed E-state index contributed by atoms with van der Waals surface area (Å²) in [7, 11) is 0. The van der Waals surface area contributed by atoms with E-state index in [1.54, 1.807) is 0 Å². The smallest absolute Gasteiger partial charge is 0.325 e. The normalized spacial score (nSPS) is 22.1. The van der Waals surface area contributed by atoms with Crippen LogP contribution >= 0.6 is 0 Å². The number of aliphatic carboxylic acids is 1. The molecule has 2 rings (SSSR count). The van der Waals surface area contributed by atoms with Crippen LogP contribution < -0.4 is 5.32 Å². The Balaban J connectivity index is 2.46. The number of benzene rings is 1. The second-order valence-corrected chi connectivity index (χ2v) is 4.46. The first kappa shape index (κ1) is 13.9. The first-order valence-electron chi connectivity index (χ1n) is 5.57. The van der Waals surface area contributed by atoms with Gasteiger partial charge in [-0.15, -0.1) is 0 Å². The average molecular weight is 284 g/mol. The van der Waals surface area contributed by atoms with Gasteiger partial charge in [0, 0.05) is 5.56 Å². The van der Waals surface area contributed by atoms with E-state index < -0.39 is 41.6 Å². The fourth-order valence-electron chi connectivity index (χ4n) is 2.04. The molecule has 8 heteroatoms. The van der Waals surface area contributed by atoms with E-state index in [4.69, 9.17) is 5.11 Å². The summed E-state index contributed by atoms with van der Waals surface area (Å²) >= 11 is 0. The van der Waals surface area contributed by atoms with Gasteiger partial charge in [0.05, 0.1) is 0 Å². The van der Waals surface area contributed by atoms with Crippen LogP contribution in [0.5, 0.6) is 0 Å². The van der Waals surface area contributed by atoms with Crippen molar-refractivity contribution in [3.05, 3.63) is 35.4 Å². The predicted octanol–water partition coefficient (Wildman–Crippen LogP) is 0.816. The summed E-state index contributed by atoms with van der Waals surface area (Å²) in [4.78, 5) is 34.8. The van der Waals surface area contributed by atoms with Gasteiger partial charge in [0.15, 0.2) is 0 Å². The Hall–Kier alpha value is -2.51. The number of hydrogen-bond donors (Lipinski definition) is 2. The number of nitrogens with zero attached hydrogens (tertiary/aromatic N) is 1. The third-order valence-electron chi connectivity index (χ3n) is 3.04. The SMILES string of the molecule is C[C@]1(c2cc(F)ccc2F)NC(=O)N(CC(=O)O)C1=O. The summed E-state index contributed by atoms with van der Waals surface area (Å²) in [6.07, 6.45) is 0. The number of carboxylic acid groups (broad SMARTS) is 1. The molecule has 1 aliphatic heterocycles. The van der Waals surface area contributed by atoms with Crippen LogP contribution in [-0.4, -0.2) is 34.5 Å². The van der Waals surface area contributed by atoms with E-state index in [2.05, 4.69) is 5.32 Å². The lowest BCUT2D eigenvalue weighted by atomic mass is 9.91. The summed E-state index contributed by atoms with van der Waals surface area (Å²) in [5, 5.41) is 10.8. The zero-order valence-electron chi connectivity index (χ0n) is 10.3. The average Bonchev–Trinajstić information content (AvgIpc) is 2.56. The Morgan fingerprint density at radius 1 is 1.40 bits per heavy atom. The van der Waals surface area contributed by atoms with Crippen molar-refractivity contribution in [1.82, 2.24) is 10.2 Å². The minimum absolute atomic E-state index is 0.358. The zero-order valence-corrected chi connectivity index (χ0v) is 10.3. The largest absolute Gasteiger partial charge is 0.480 e. The molecule has 1 saturated heterocycles. The molecule has 0 spiro atoms. The van der Waals surface area contributed by atoms with E-state index in [0.717, 1.165) is 18.2 Å². The van der Waals surface area contributed by atoms with Crippen LogP contribution in [0.25, 0.3) is 0 Å². The molecule has 1 aliphatic rings. The van der Waals surface area contributed by atoms with E-state index in [1.807, 2.05) is 0 Å². The number of amides is 3. The molecule has 3 amide bonds. The van der Waals surface area contributed by atoms with Crippen molar-refractivity contribution in [2.45, 2.75) is 12.5 Å². The zero-order chi connectivity index (χ0) is 15.1. The van der Waals surface area contributed by atoms with Gasteiger partial charge in [-0.1, -0.05) is 0 Å². The molecule has 2 N–H and O–H groups in total. The molecule has 0 radical (unpaired) electrons. The highest BCUT2D eigenvalue weighted by Crippen LogP contribution is 2.30. The summed E-state index contributed by atoms with van der Waals surface area (Å²) in [5.74, 6) is -3.99. The number of urea groups is 1. The molecule has 1 atom stereocenters. The molecule has 0 unspecified atom stereocenters. The van der Waals surface area contributed by atoms with E-state index in [0.29, 0.717) is 4.90 Å². The number of carbonyl (C=O) groups is 3. The van der Waals surface area contributed by atoms with Crippen molar-refractivity contribution in [2.75, 3.05) is 6.54 Å². The van der Waals surface area contributed by atoms with Crippen LogP contribution in [0, 0.1) is 11.6 Å². The molecule has 6 nitrogen and oxygen atoms in total. The number of nitrogens with one attached hydrogen (secondary N) is 1. The Labute approximate surface area is 112 Å². The second kappa shape index (κ2) is 4.55. The molecular formula is C12H10F2N2O4. The molecule has 1 aromatic rings. The molecular weight excluding hydrogens is 274 g/mol. The van der Waals surface area contributed by atoms with Crippen molar-refractivity contribution in [3.8, 4) is 0 Å². The molecule has 0 aliphatic carbocycles. The molecule has 0 saturated carbocycles. The van der Waals surface area contributed by atoms with Crippen LogP contribution in [0.15, 0.2) is 18.2 Å². The Morgan fingerprint density at radius 3 is 2.65 bits per heavy atom. The first-order valence-corrected chi connectivity index (χ1v) is 5.57. The van der Waals surface area contributed by atoms with E-state index in [-0.39, 0.29) is 5.56 Å². The van der Waals surface area contributed by atoms with Crippen LogP contribution in [0.4, 0.5) is 13.6 Å². The van der Waals surface area contributed by atoms with Crippen LogP contribution in [-0.2, 0) is 15.1 Å². The lowest BCUT2D eigenvalue weighted by Gasteiger charge is -2.22. The highest BCUT2D eigenvalue weighted by Gasteiger charge is 2.50. The van der Waals surface area contributed by atoms with Gasteiger partial charge in [-0.3, -0.25) is 14.5 Å². The van der Waals surface area contributed by atoms with Gasteiger partial charge in [0.1, 0.15) is 23.7 Å². The van der Waals surface area contributed by atoms with E-state index >= 15 is 0 Å². The second-order valence-electron chi connectivity index (χ2n) is 4.46. The lowest BCUT2D eigenvalue weighted by Crippen LogP contribution is -2.42. The summed E-state index contributed by atoms with van der Waals surface area (Å²) in [5.41, 5.74) is -2.19. The molecule has 106 valence electrons. The summed E-state index contributed by atoms with van der Waals surface area (Å²) in [6, 6.07) is 1.52. The fourth-order valence-corrected chi connectivity index (χ4v) is 2.04. The van der Waals surface area contributed by atoms with Gasteiger partial charge < -0.3 is 10.4 Å². The number of carbonyl (C=O) groups excluding carboxylic acids is 2. The van der Waals surface area contributed by atoms with Crippen molar-refractivity contribution < 1.29 is 28.3 Å². The predicted molar refractivity (Wildman–Crippen MR) is 61.6 cm³/mol. The van der Waals surface area contributed by atoms with Gasteiger partial charge in [-0.05, 0) is 25.1 Å².